The molecule has 0 saturated heterocycles. The van der Waals surface area contributed by atoms with Crippen LogP contribution in [-0.4, -0.2) is 22.7 Å². The molecule has 0 aliphatic heterocycles. The van der Waals surface area contributed by atoms with Gasteiger partial charge in [-0.25, -0.2) is 4.39 Å². The van der Waals surface area contributed by atoms with E-state index in [0.717, 1.165) is 10.6 Å². The number of anilines is 1. The van der Waals surface area contributed by atoms with E-state index in [0.29, 0.717) is 23.9 Å². The summed E-state index contributed by atoms with van der Waals surface area (Å²) in [5.74, 6) is -0.0450. The number of ether oxygens (including phenoxy) is 1. The van der Waals surface area contributed by atoms with Gasteiger partial charge in [-0.1, -0.05) is 47.7 Å². The highest BCUT2D eigenvalue weighted by molar-refractivity contribution is 7.18. The first-order valence-electron chi connectivity index (χ1n) is 7.78. The molecule has 3 rings (SSSR count). The Morgan fingerprint density at radius 2 is 1.96 bits per heavy atom. The van der Waals surface area contributed by atoms with E-state index in [1.807, 2.05) is 30.3 Å². The van der Waals surface area contributed by atoms with Crippen molar-refractivity contribution in [1.29, 1.82) is 0 Å². The van der Waals surface area contributed by atoms with Crippen LogP contribution in [-0.2, 0) is 4.79 Å². The quantitative estimate of drug-likeness (QED) is 0.646. The normalized spacial score (nSPS) is 10.4. The third kappa shape index (κ3) is 5.09. The number of carbonyl (C=O) groups excluding carboxylic acids is 1. The van der Waals surface area contributed by atoms with Crippen LogP contribution in [0.25, 0.3) is 10.6 Å². The molecule has 0 aliphatic rings. The molecule has 3 aromatic rings. The molecule has 5 nitrogen and oxygen atoms in total. The summed E-state index contributed by atoms with van der Waals surface area (Å²) in [5.41, 5.74) is 0.962. The van der Waals surface area contributed by atoms with Crippen molar-refractivity contribution in [1.82, 2.24) is 10.2 Å². The first kappa shape index (κ1) is 17.0. The monoisotopic (exact) mass is 357 g/mol. The Morgan fingerprint density at radius 1 is 1.12 bits per heavy atom. The molecule has 2 aromatic carbocycles. The molecule has 0 unspecified atom stereocenters. The van der Waals surface area contributed by atoms with Gasteiger partial charge in [0.15, 0.2) is 0 Å². The Bertz CT molecular complexity index is 839. The van der Waals surface area contributed by atoms with E-state index in [1.54, 1.807) is 12.1 Å². The number of nitrogens with zero attached hydrogens (tertiary/aromatic N) is 2. The van der Waals surface area contributed by atoms with Crippen LogP contribution in [0.3, 0.4) is 0 Å². The summed E-state index contributed by atoms with van der Waals surface area (Å²) in [6, 6.07) is 15.6. The zero-order valence-electron chi connectivity index (χ0n) is 13.3. The van der Waals surface area contributed by atoms with E-state index in [1.165, 1.54) is 23.5 Å². The van der Waals surface area contributed by atoms with E-state index < -0.39 is 0 Å². The fourth-order valence-electron chi connectivity index (χ4n) is 2.13. The van der Waals surface area contributed by atoms with Crippen molar-refractivity contribution in [2.75, 3.05) is 11.9 Å². The molecule has 1 heterocycles. The number of rotatable bonds is 7. The lowest BCUT2D eigenvalue weighted by atomic mass is 10.2. The van der Waals surface area contributed by atoms with Gasteiger partial charge in [0.1, 0.15) is 16.6 Å². The smallest absolute Gasteiger partial charge is 0.226 e. The van der Waals surface area contributed by atoms with Crippen molar-refractivity contribution < 1.29 is 13.9 Å². The third-order valence-corrected chi connectivity index (χ3v) is 4.19. The maximum Gasteiger partial charge on any atom is 0.226 e. The molecule has 128 valence electrons. The second kappa shape index (κ2) is 8.34. The summed E-state index contributed by atoms with van der Waals surface area (Å²) in [7, 11) is 0. The minimum Gasteiger partial charge on any atom is -0.493 e. The van der Waals surface area contributed by atoms with Crippen LogP contribution in [0.5, 0.6) is 5.75 Å². The van der Waals surface area contributed by atoms with E-state index >= 15 is 0 Å². The van der Waals surface area contributed by atoms with Gasteiger partial charge >= 0.3 is 0 Å². The van der Waals surface area contributed by atoms with Crippen molar-refractivity contribution in [3.8, 4) is 16.3 Å². The maximum absolute atomic E-state index is 13.0. The van der Waals surface area contributed by atoms with E-state index in [2.05, 4.69) is 15.5 Å². The van der Waals surface area contributed by atoms with E-state index in [4.69, 9.17) is 4.74 Å². The van der Waals surface area contributed by atoms with Crippen molar-refractivity contribution in [2.24, 2.45) is 0 Å². The predicted octanol–water partition coefficient (Wildman–Crippen LogP) is 4.14. The van der Waals surface area contributed by atoms with Gasteiger partial charge in [0.05, 0.1) is 6.61 Å². The Morgan fingerprint density at radius 3 is 2.76 bits per heavy atom. The van der Waals surface area contributed by atoms with Gasteiger partial charge in [-0.2, -0.15) is 0 Å². The van der Waals surface area contributed by atoms with Gasteiger partial charge in [0, 0.05) is 18.1 Å². The van der Waals surface area contributed by atoms with Crippen LogP contribution < -0.4 is 10.1 Å². The average Bonchev–Trinajstić information content (AvgIpc) is 3.08. The van der Waals surface area contributed by atoms with Crippen LogP contribution in [0.4, 0.5) is 9.52 Å². The fraction of sp³-hybridized carbons (Fsp3) is 0.167. The van der Waals surface area contributed by atoms with Crippen molar-refractivity contribution in [2.45, 2.75) is 12.8 Å². The molecule has 0 atom stereocenters. The molecule has 0 spiro atoms. The Balaban J connectivity index is 1.43. The predicted molar refractivity (Wildman–Crippen MR) is 95.1 cm³/mol. The number of carbonyl (C=O) groups is 1. The number of halogens is 1. The number of aromatic nitrogens is 2. The number of hydrogen-bond donors (Lipinski definition) is 1. The molecule has 0 bridgehead atoms. The first-order chi connectivity index (χ1) is 12.2. The zero-order chi connectivity index (χ0) is 17.5. The lowest BCUT2D eigenvalue weighted by Gasteiger charge is -2.05. The minimum atomic E-state index is -0.347. The standard InChI is InChI=1S/C18H16FN3O2S/c19-14-8-4-9-15(12-14)24-11-5-10-16(23)20-18-22-21-17(25-18)13-6-2-1-3-7-13/h1-4,6-9,12H,5,10-11H2,(H,20,22,23). The summed E-state index contributed by atoms with van der Waals surface area (Å²) >= 11 is 1.32. The molecule has 0 fully saturated rings. The largest absolute Gasteiger partial charge is 0.493 e. The van der Waals surface area contributed by atoms with Crippen LogP contribution in [0.1, 0.15) is 12.8 Å². The number of hydrogen-bond acceptors (Lipinski definition) is 5. The summed E-state index contributed by atoms with van der Waals surface area (Å²) in [4.78, 5) is 11.9. The SMILES string of the molecule is O=C(CCCOc1cccc(F)c1)Nc1nnc(-c2ccccc2)s1. The van der Waals surface area contributed by atoms with Crippen LogP contribution in [0.15, 0.2) is 54.6 Å². The van der Waals surface area contributed by atoms with Gasteiger partial charge in [-0.15, -0.1) is 10.2 Å². The van der Waals surface area contributed by atoms with Crippen LogP contribution in [0.2, 0.25) is 0 Å². The minimum absolute atomic E-state index is 0.154. The summed E-state index contributed by atoms with van der Waals surface area (Å²) in [6.45, 7) is 0.336. The molecule has 0 radical (unpaired) electrons. The molecule has 7 heteroatoms. The average molecular weight is 357 g/mol. The molecule has 0 aliphatic carbocycles. The van der Waals surface area contributed by atoms with E-state index in [-0.39, 0.29) is 18.1 Å². The van der Waals surface area contributed by atoms with Gasteiger partial charge in [0.25, 0.3) is 0 Å². The Hall–Kier alpha value is -2.80. The highest BCUT2D eigenvalue weighted by Gasteiger charge is 2.09. The number of nitrogens with one attached hydrogen (secondary N) is 1. The maximum atomic E-state index is 13.0. The number of amides is 1. The van der Waals surface area contributed by atoms with E-state index in [9.17, 15) is 9.18 Å². The van der Waals surface area contributed by atoms with Crippen molar-refractivity contribution >= 4 is 22.4 Å². The first-order valence-corrected chi connectivity index (χ1v) is 8.59. The summed E-state index contributed by atoms with van der Waals surface area (Å²) in [6.07, 6.45) is 0.808. The topological polar surface area (TPSA) is 64.1 Å². The highest BCUT2D eigenvalue weighted by atomic mass is 32.1. The fourth-order valence-corrected chi connectivity index (χ4v) is 2.90. The summed E-state index contributed by atoms with van der Waals surface area (Å²) < 4.78 is 18.4. The van der Waals surface area contributed by atoms with Crippen molar-refractivity contribution in [3.05, 3.63) is 60.4 Å². The Labute approximate surface area is 148 Å². The molecule has 0 saturated carbocycles. The molecule has 1 aromatic heterocycles. The lowest BCUT2D eigenvalue weighted by Crippen LogP contribution is -2.12. The highest BCUT2D eigenvalue weighted by Crippen LogP contribution is 2.25. The lowest BCUT2D eigenvalue weighted by molar-refractivity contribution is -0.116. The second-order valence-electron chi connectivity index (χ2n) is 5.24. The molecular formula is C18H16FN3O2S. The van der Waals surface area contributed by atoms with Crippen LogP contribution >= 0.6 is 11.3 Å². The number of benzene rings is 2. The molecule has 1 amide bonds. The zero-order valence-corrected chi connectivity index (χ0v) is 14.1. The van der Waals surface area contributed by atoms with Gasteiger partial charge < -0.3 is 10.1 Å². The molecular weight excluding hydrogens is 341 g/mol. The molecule has 25 heavy (non-hydrogen) atoms. The second-order valence-corrected chi connectivity index (χ2v) is 6.21. The van der Waals surface area contributed by atoms with Crippen LogP contribution in [0, 0.1) is 5.82 Å². The summed E-state index contributed by atoms with van der Waals surface area (Å²) in [5, 5.41) is 12.0. The van der Waals surface area contributed by atoms with Gasteiger partial charge in [0.2, 0.25) is 11.0 Å². The molecule has 1 N–H and O–H groups in total. The van der Waals surface area contributed by atoms with Crippen molar-refractivity contribution in [3.63, 3.8) is 0 Å². The van der Waals surface area contributed by atoms with Gasteiger partial charge in [-0.3, -0.25) is 4.79 Å². The Kier molecular flexibility index (Phi) is 5.69. The third-order valence-electron chi connectivity index (χ3n) is 3.31. The van der Waals surface area contributed by atoms with Gasteiger partial charge in [-0.05, 0) is 18.6 Å².